The Hall–Kier alpha value is -2.96. The van der Waals surface area contributed by atoms with Crippen molar-refractivity contribution in [3.05, 3.63) is 41.1 Å². The molecular formula is C21H23N3O4. The molecule has 0 aliphatic carbocycles. The molecule has 1 fully saturated rings. The number of nitrogens with one attached hydrogen (secondary N) is 1. The summed E-state index contributed by atoms with van der Waals surface area (Å²) in [5, 5.41) is 2.80. The number of aromatic nitrogens is 1. The average molecular weight is 385 g/mol. The Labute approximate surface area is 169 Å². The van der Waals surface area contributed by atoms with Gasteiger partial charge in [0, 0.05) is 32.0 Å². The van der Waals surface area contributed by atoms with Crippen molar-refractivity contribution >= 4 is 11.7 Å². The number of anilines is 1. The average Bonchev–Trinajstić information content (AvgIpc) is 3.08. The number of piperidine rings is 1. The van der Waals surface area contributed by atoms with Crippen molar-refractivity contribution in [3.8, 4) is 17.2 Å². The van der Waals surface area contributed by atoms with Crippen LogP contribution < -0.4 is 24.4 Å². The molecule has 3 aliphatic rings. The van der Waals surface area contributed by atoms with Crippen molar-refractivity contribution in [2.24, 2.45) is 0 Å². The van der Waals surface area contributed by atoms with Gasteiger partial charge in [-0.2, -0.15) is 0 Å². The van der Waals surface area contributed by atoms with E-state index in [4.69, 9.17) is 24.7 Å². The summed E-state index contributed by atoms with van der Waals surface area (Å²) in [6.07, 6.45) is 1.51. The molecule has 5 rings (SSSR count). The summed E-state index contributed by atoms with van der Waals surface area (Å²) >= 11 is 0. The van der Waals surface area contributed by atoms with Crippen molar-refractivity contribution < 1.29 is 24.5 Å². The number of hydrogen-bond donors (Lipinski definition) is 1. The molecule has 0 unspecified atom stereocenters. The van der Waals surface area contributed by atoms with Gasteiger partial charge in [-0.1, -0.05) is 0 Å². The van der Waals surface area contributed by atoms with Gasteiger partial charge >= 0.3 is 0 Å². The fourth-order valence-corrected chi connectivity index (χ4v) is 3.81. The number of fused-ring (bicyclic) bond motifs is 2. The van der Waals surface area contributed by atoms with Gasteiger partial charge in [0.2, 0.25) is 0 Å². The summed E-state index contributed by atoms with van der Waals surface area (Å²) in [6, 6.07) is 6.63. The maximum Gasteiger partial charge on any atom is 0.253 e. The number of benzene rings is 1. The summed E-state index contributed by atoms with van der Waals surface area (Å²) in [6.45, 7) is -1.25. The second kappa shape index (κ2) is 6.89. The number of ether oxygens (including phenoxy) is 3. The first-order valence-electron chi connectivity index (χ1n) is 11.4. The molecule has 1 saturated heterocycles. The van der Waals surface area contributed by atoms with E-state index in [1.54, 1.807) is 6.07 Å². The van der Waals surface area contributed by atoms with Crippen LogP contribution in [0.2, 0.25) is 0 Å². The molecule has 3 aliphatic heterocycles. The highest BCUT2D eigenvalue weighted by Gasteiger charge is 2.27. The van der Waals surface area contributed by atoms with E-state index in [9.17, 15) is 4.79 Å². The molecule has 1 aromatic carbocycles. The molecule has 0 saturated carbocycles. The summed E-state index contributed by atoms with van der Waals surface area (Å²) in [4.78, 5) is 18.8. The van der Waals surface area contributed by atoms with Crippen LogP contribution in [0, 0.1) is 6.92 Å². The zero-order chi connectivity index (χ0) is 22.7. The van der Waals surface area contributed by atoms with Crippen molar-refractivity contribution in [1.29, 1.82) is 0 Å². The fraction of sp³-hybridized carbons (Fsp3) is 0.429. The van der Waals surface area contributed by atoms with Gasteiger partial charge in [0.25, 0.3) is 5.91 Å². The number of nitrogens with zero attached hydrogens (tertiary/aromatic N) is 2. The van der Waals surface area contributed by atoms with Gasteiger partial charge in [-0.05, 0) is 30.7 Å². The normalized spacial score (nSPS) is 24.3. The maximum absolute atomic E-state index is 11.8. The van der Waals surface area contributed by atoms with E-state index < -0.39 is 13.1 Å². The Balaban J connectivity index is 1.24. The number of aryl methyl sites for hydroxylation is 1. The van der Waals surface area contributed by atoms with E-state index in [1.807, 2.05) is 13.0 Å². The van der Waals surface area contributed by atoms with E-state index >= 15 is 0 Å². The molecule has 7 nitrogen and oxygen atoms in total. The third-order valence-corrected chi connectivity index (χ3v) is 5.25. The van der Waals surface area contributed by atoms with E-state index in [1.165, 1.54) is 12.1 Å². The van der Waals surface area contributed by atoms with Crippen LogP contribution in [0.4, 0.5) is 5.82 Å². The van der Waals surface area contributed by atoms with Crippen molar-refractivity contribution in [2.75, 3.05) is 31.1 Å². The Bertz CT molecular complexity index is 1090. The van der Waals surface area contributed by atoms with E-state index in [2.05, 4.69) is 10.2 Å². The van der Waals surface area contributed by atoms with E-state index in [0.29, 0.717) is 17.9 Å². The first-order chi connectivity index (χ1) is 15.1. The smallest absolute Gasteiger partial charge is 0.253 e. The number of amides is 1. The van der Waals surface area contributed by atoms with Crippen LogP contribution in [-0.4, -0.2) is 43.2 Å². The standard InChI is InChI=1S/C21H23N3O4/c1-13-10-16-17(12-22-21(16)25)23-20(13)24-6-4-14(5-7-24)28-15-2-3-18-19(11-15)27-9-8-26-18/h2-3,10-11,14H,4-9,12H2,1H3,(H,22,25)/i8D2,9D2. The minimum atomic E-state index is -2.61. The molecule has 146 valence electrons. The lowest BCUT2D eigenvalue weighted by Gasteiger charge is -2.34. The molecule has 1 amide bonds. The van der Waals surface area contributed by atoms with Crippen molar-refractivity contribution in [1.82, 2.24) is 10.3 Å². The molecule has 0 radical (unpaired) electrons. The number of pyridine rings is 1. The summed E-state index contributed by atoms with van der Waals surface area (Å²) in [5.41, 5.74) is 2.41. The van der Waals surface area contributed by atoms with Crippen LogP contribution in [0.25, 0.3) is 0 Å². The highest BCUT2D eigenvalue weighted by molar-refractivity contribution is 5.98. The predicted octanol–water partition coefficient (Wildman–Crippen LogP) is 2.45. The van der Waals surface area contributed by atoms with Crippen LogP contribution in [0.1, 0.15) is 39.9 Å². The van der Waals surface area contributed by atoms with Gasteiger partial charge in [-0.15, -0.1) is 0 Å². The lowest BCUT2D eigenvalue weighted by molar-refractivity contribution is 0.0965. The Morgan fingerprint density at radius 2 is 2.00 bits per heavy atom. The molecule has 0 atom stereocenters. The van der Waals surface area contributed by atoms with Crippen molar-refractivity contribution in [2.45, 2.75) is 32.4 Å². The SMILES string of the molecule is [2H]C1([2H])Oc2ccc(OC3CCN(c4nc5c(cc4C)C(=O)NC5)CC3)cc2OC1([2H])[2H]. The van der Waals surface area contributed by atoms with Crippen molar-refractivity contribution in [3.63, 3.8) is 0 Å². The summed E-state index contributed by atoms with van der Waals surface area (Å²) < 4.78 is 47.2. The lowest BCUT2D eigenvalue weighted by atomic mass is 10.1. The van der Waals surface area contributed by atoms with Crippen LogP contribution >= 0.6 is 0 Å². The summed E-state index contributed by atoms with van der Waals surface area (Å²) in [7, 11) is 0. The third kappa shape index (κ3) is 3.10. The topological polar surface area (TPSA) is 72.9 Å². The van der Waals surface area contributed by atoms with Crippen LogP contribution in [-0.2, 0) is 6.54 Å². The van der Waals surface area contributed by atoms with Gasteiger partial charge in [-0.25, -0.2) is 4.98 Å². The molecule has 2 aromatic rings. The predicted molar refractivity (Wildman–Crippen MR) is 103 cm³/mol. The Morgan fingerprint density at radius 3 is 2.82 bits per heavy atom. The number of carbonyl (C=O) groups is 1. The minimum absolute atomic E-state index is 0.0324. The van der Waals surface area contributed by atoms with Crippen LogP contribution in [0.15, 0.2) is 24.3 Å². The quantitative estimate of drug-likeness (QED) is 0.875. The van der Waals surface area contributed by atoms with Crippen LogP contribution in [0.5, 0.6) is 17.2 Å². The first kappa shape index (κ1) is 13.3. The third-order valence-electron chi connectivity index (χ3n) is 5.25. The van der Waals surface area contributed by atoms with Gasteiger partial charge in [0.05, 0.1) is 23.3 Å². The zero-order valence-corrected chi connectivity index (χ0v) is 15.4. The molecule has 4 heterocycles. The molecule has 0 bridgehead atoms. The monoisotopic (exact) mass is 385 g/mol. The van der Waals surface area contributed by atoms with Gasteiger partial charge in [-0.3, -0.25) is 4.79 Å². The number of carbonyl (C=O) groups excluding carboxylic acids is 1. The zero-order valence-electron chi connectivity index (χ0n) is 19.4. The largest absolute Gasteiger partial charge is 0.490 e. The molecule has 1 N–H and O–H groups in total. The highest BCUT2D eigenvalue weighted by atomic mass is 16.6. The van der Waals surface area contributed by atoms with Gasteiger partial charge < -0.3 is 24.4 Å². The fourth-order valence-electron chi connectivity index (χ4n) is 3.81. The maximum atomic E-state index is 11.8. The second-order valence-corrected chi connectivity index (χ2v) is 7.13. The Morgan fingerprint density at radius 1 is 1.21 bits per heavy atom. The molecule has 1 aromatic heterocycles. The highest BCUT2D eigenvalue weighted by Crippen LogP contribution is 2.35. The van der Waals surface area contributed by atoms with E-state index in [-0.39, 0.29) is 23.5 Å². The van der Waals surface area contributed by atoms with Crippen LogP contribution in [0.3, 0.4) is 0 Å². The minimum Gasteiger partial charge on any atom is -0.490 e. The molecular weight excluding hydrogens is 358 g/mol. The number of hydrogen-bond acceptors (Lipinski definition) is 6. The second-order valence-electron chi connectivity index (χ2n) is 7.13. The molecule has 7 heteroatoms. The summed E-state index contributed by atoms with van der Waals surface area (Å²) in [5.74, 6) is 1.59. The van der Waals surface area contributed by atoms with E-state index in [0.717, 1.165) is 43.0 Å². The number of rotatable bonds is 3. The molecule has 0 spiro atoms. The van der Waals surface area contributed by atoms with Gasteiger partial charge in [0.1, 0.15) is 30.8 Å². The van der Waals surface area contributed by atoms with Gasteiger partial charge in [0.15, 0.2) is 11.5 Å². The molecule has 28 heavy (non-hydrogen) atoms. The Kier molecular flexibility index (Phi) is 3.26. The first-order valence-corrected chi connectivity index (χ1v) is 9.35. The lowest BCUT2D eigenvalue weighted by Crippen LogP contribution is -2.39.